The zero-order valence-corrected chi connectivity index (χ0v) is 11.2. The summed E-state index contributed by atoms with van der Waals surface area (Å²) in [6.45, 7) is 4.00. The van der Waals surface area contributed by atoms with Crippen molar-refractivity contribution in [2.24, 2.45) is 0 Å². The number of pyridine rings is 1. The van der Waals surface area contributed by atoms with Gasteiger partial charge in [0.15, 0.2) is 6.29 Å². The van der Waals surface area contributed by atoms with Crippen molar-refractivity contribution >= 4 is 17.2 Å². The Morgan fingerprint density at radius 1 is 1.15 bits per heavy atom. The minimum absolute atomic E-state index is 0.295. The molecule has 0 spiro atoms. The molecule has 2 aromatic heterocycles. The van der Waals surface area contributed by atoms with E-state index < -0.39 is 0 Å². The molecule has 0 aliphatic heterocycles. The predicted molar refractivity (Wildman–Crippen MR) is 75.6 cm³/mol. The highest BCUT2D eigenvalue weighted by molar-refractivity contribution is 5.85. The zero-order chi connectivity index (χ0) is 14.5. The van der Waals surface area contributed by atoms with Crippen molar-refractivity contribution in [2.75, 3.05) is 0 Å². The van der Waals surface area contributed by atoms with Gasteiger partial charge in [0.05, 0.1) is 23.6 Å². The normalized spacial score (nSPS) is 9.95. The van der Waals surface area contributed by atoms with Crippen LogP contribution in [0.2, 0.25) is 0 Å². The first-order valence-electron chi connectivity index (χ1n) is 6.33. The SMILES string of the molecule is CC.O=Cc1cc2cnn(-c3ccc(F)cc3)c2cn1. The molecule has 1 aromatic carbocycles. The van der Waals surface area contributed by atoms with Gasteiger partial charge in [0.25, 0.3) is 0 Å². The first-order valence-corrected chi connectivity index (χ1v) is 6.33. The summed E-state index contributed by atoms with van der Waals surface area (Å²) in [4.78, 5) is 14.6. The van der Waals surface area contributed by atoms with Crippen LogP contribution in [0.25, 0.3) is 16.6 Å². The molecule has 0 amide bonds. The lowest BCUT2D eigenvalue weighted by Crippen LogP contribution is -1.96. The number of rotatable bonds is 2. The zero-order valence-electron chi connectivity index (χ0n) is 11.2. The van der Waals surface area contributed by atoms with Gasteiger partial charge in [-0.1, -0.05) is 13.8 Å². The maximum Gasteiger partial charge on any atom is 0.168 e. The predicted octanol–water partition coefficient (Wildman–Crippen LogP) is 3.40. The summed E-state index contributed by atoms with van der Waals surface area (Å²) in [6.07, 6.45) is 3.91. The summed E-state index contributed by atoms with van der Waals surface area (Å²) in [7, 11) is 0. The van der Waals surface area contributed by atoms with Crippen molar-refractivity contribution in [3.8, 4) is 5.69 Å². The maximum atomic E-state index is 12.9. The number of aldehydes is 1. The highest BCUT2D eigenvalue weighted by Gasteiger charge is 2.06. The Balaban J connectivity index is 0.000000704. The first kappa shape index (κ1) is 13.9. The molecule has 0 bridgehead atoms. The third kappa shape index (κ3) is 2.56. The average molecular weight is 271 g/mol. The van der Waals surface area contributed by atoms with Gasteiger partial charge in [0.2, 0.25) is 0 Å². The monoisotopic (exact) mass is 271 g/mol. The van der Waals surface area contributed by atoms with Gasteiger partial charge < -0.3 is 0 Å². The van der Waals surface area contributed by atoms with Crippen LogP contribution in [-0.2, 0) is 0 Å². The molecule has 0 atom stereocenters. The Labute approximate surface area is 115 Å². The third-order valence-electron chi connectivity index (χ3n) is 2.67. The molecule has 0 unspecified atom stereocenters. The Morgan fingerprint density at radius 3 is 2.50 bits per heavy atom. The van der Waals surface area contributed by atoms with Crippen molar-refractivity contribution in [3.63, 3.8) is 0 Å². The lowest BCUT2D eigenvalue weighted by atomic mass is 10.2. The minimum atomic E-state index is -0.295. The summed E-state index contributed by atoms with van der Waals surface area (Å²) >= 11 is 0. The smallest absolute Gasteiger partial charge is 0.168 e. The highest BCUT2D eigenvalue weighted by atomic mass is 19.1. The summed E-state index contributed by atoms with van der Waals surface area (Å²) in [5.74, 6) is -0.295. The van der Waals surface area contributed by atoms with Crippen molar-refractivity contribution < 1.29 is 9.18 Å². The summed E-state index contributed by atoms with van der Waals surface area (Å²) in [5, 5.41) is 5.03. The number of hydrogen-bond acceptors (Lipinski definition) is 3. The fraction of sp³-hybridized carbons (Fsp3) is 0.133. The third-order valence-corrected chi connectivity index (χ3v) is 2.67. The van der Waals surface area contributed by atoms with E-state index in [0.29, 0.717) is 12.0 Å². The number of hydrogen-bond donors (Lipinski definition) is 0. The van der Waals surface area contributed by atoms with Crippen LogP contribution in [0.5, 0.6) is 0 Å². The van der Waals surface area contributed by atoms with Crippen LogP contribution < -0.4 is 0 Å². The van der Waals surface area contributed by atoms with Crippen molar-refractivity contribution in [2.45, 2.75) is 13.8 Å². The van der Waals surface area contributed by atoms with Gasteiger partial charge in [-0.25, -0.2) is 9.07 Å². The van der Waals surface area contributed by atoms with Gasteiger partial charge in [0, 0.05) is 5.39 Å². The standard InChI is InChI=1S/C13H8FN3O.C2H6/c14-10-1-3-12(4-2-10)17-13-7-15-11(8-18)5-9(13)6-16-17;1-2/h1-8H;1-2H3. The molecular weight excluding hydrogens is 257 g/mol. The van der Waals surface area contributed by atoms with Crippen LogP contribution in [0.15, 0.2) is 42.7 Å². The second-order valence-corrected chi connectivity index (χ2v) is 3.82. The summed E-state index contributed by atoms with van der Waals surface area (Å²) < 4.78 is 14.5. The van der Waals surface area contributed by atoms with Gasteiger partial charge in [-0.15, -0.1) is 0 Å². The van der Waals surface area contributed by atoms with E-state index in [1.165, 1.54) is 12.1 Å². The molecule has 0 aliphatic carbocycles. The van der Waals surface area contributed by atoms with Crippen LogP contribution in [0.1, 0.15) is 24.3 Å². The van der Waals surface area contributed by atoms with Gasteiger partial charge in [-0.2, -0.15) is 5.10 Å². The second kappa shape index (κ2) is 6.06. The number of halogens is 1. The molecular formula is C15H14FN3O. The van der Waals surface area contributed by atoms with Gasteiger partial charge in [0.1, 0.15) is 11.5 Å². The molecule has 2 heterocycles. The number of fused-ring (bicyclic) bond motifs is 1. The fourth-order valence-electron chi connectivity index (χ4n) is 1.80. The van der Waals surface area contributed by atoms with Crippen LogP contribution >= 0.6 is 0 Å². The number of benzene rings is 1. The van der Waals surface area contributed by atoms with E-state index in [2.05, 4.69) is 10.1 Å². The van der Waals surface area contributed by atoms with Crippen LogP contribution in [0, 0.1) is 5.82 Å². The van der Waals surface area contributed by atoms with E-state index in [1.807, 2.05) is 13.8 Å². The molecule has 0 saturated carbocycles. The fourth-order valence-corrected chi connectivity index (χ4v) is 1.80. The second-order valence-electron chi connectivity index (χ2n) is 3.82. The van der Waals surface area contributed by atoms with E-state index in [4.69, 9.17) is 0 Å². The summed E-state index contributed by atoms with van der Waals surface area (Å²) in [6, 6.07) is 7.67. The number of nitrogens with zero attached hydrogens (tertiary/aromatic N) is 3. The van der Waals surface area contributed by atoms with Gasteiger partial charge in [-0.3, -0.25) is 9.78 Å². The van der Waals surface area contributed by atoms with Crippen LogP contribution in [-0.4, -0.2) is 21.1 Å². The number of carbonyl (C=O) groups is 1. The van der Waals surface area contributed by atoms with Crippen LogP contribution in [0.3, 0.4) is 0 Å². The van der Waals surface area contributed by atoms with Crippen molar-refractivity contribution in [3.05, 3.63) is 54.2 Å². The molecule has 3 rings (SSSR count). The number of aromatic nitrogens is 3. The minimum Gasteiger partial charge on any atom is -0.296 e. The molecule has 5 heteroatoms. The van der Waals surface area contributed by atoms with E-state index in [0.717, 1.165) is 16.6 Å². The van der Waals surface area contributed by atoms with Crippen molar-refractivity contribution in [1.82, 2.24) is 14.8 Å². The molecule has 0 radical (unpaired) electrons. The average Bonchev–Trinajstić information content (AvgIpc) is 2.93. The Bertz CT molecular complexity index is 720. The van der Waals surface area contributed by atoms with E-state index in [9.17, 15) is 9.18 Å². The van der Waals surface area contributed by atoms with Crippen LogP contribution in [0.4, 0.5) is 4.39 Å². The molecule has 0 fully saturated rings. The largest absolute Gasteiger partial charge is 0.296 e. The molecule has 0 saturated heterocycles. The molecule has 4 nitrogen and oxygen atoms in total. The van der Waals surface area contributed by atoms with Gasteiger partial charge in [-0.05, 0) is 30.3 Å². The molecule has 3 aromatic rings. The highest BCUT2D eigenvalue weighted by Crippen LogP contribution is 2.18. The Morgan fingerprint density at radius 2 is 1.85 bits per heavy atom. The lowest BCUT2D eigenvalue weighted by molar-refractivity contribution is 0.111. The molecule has 102 valence electrons. The Hall–Kier alpha value is -2.56. The number of carbonyl (C=O) groups excluding carboxylic acids is 1. The van der Waals surface area contributed by atoms with E-state index in [-0.39, 0.29) is 5.82 Å². The molecule has 0 aliphatic rings. The lowest BCUT2D eigenvalue weighted by Gasteiger charge is -2.02. The topological polar surface area (TPSA) is 47.8 Å². The molecule has 20 heavy (non-hydrogen) atoms. The molecule has 0 N–H and O–H groups in total. The Kier molecular flexibility index (Phi) is 4.20. The van der Waals surface area contributed by atoms with Crippen molar-refractivity contribution in [1.29, 1.82) is 0 Å². The van der Waals surface area contributed by atoms with Gasteiger partial charge >= 0.3 is 0 Å². The van der Waals surface area contributed by atoms with E-state index >= 15 is 0 Å². The first-order chi connectivity index (χ1) is 9.78. The van der Waals surface area contributed by atoms with E-state index in [1.54, 1.807) is 35.3 Å². The quantitative estimate of drug-likeness (QED) is 0.671. The maximum absolute atomic E-state index is 12.9. The summed E-state index contributed by atoms with van der Waals surface area (Å²) in [5.41, 5.74) is 1.88.